The summed E-state index contributed by atoms with van der Waals surface area (Å²) in [6.45, 7) is 3.71. The van der Waals surface area contributed by atoms with E-state index in [1.807, 2.05) is 18.2 Å². The van der Waals surface area contributed by atoms with Gasteiger partial charge < -0.3 is 14.8 Å². The summed E-state index contributed by atoms with van der Waals surface area (Å²) in [5.74, 6) is -0.0542. The summed E-state index contributed by atoms with van der Waals surface area (Å²) in [5, 5.41) is 3.20. The number of benzene rings is 3. The molecule has 4 rings (SSSR count). The van der Waals surface area contributed by atoms with Crippen LogP contribution in [0.25, 0.3) is 6.08 Å². The van der Waals surface area contributed by atoms with Crippen LogP contribution in [0.1, 0.15) is 16.7 Å². The molecule has 3 aromatic rings. The van der Waals surface area contributed by atoms with E-state index < -0.39 is 23.6 Å². The highest BCUT2D eigenvalue weighted by atomic mass is 35.5. The lowest BCUT2D eigenvalue weighted by Crippen LogP contribution is -2.36. The van der Waals surface area contributed by atoms with Crippen LogP contribution in [0.2, 0.25) is 10.0 Å². The largest absolute Gasteiger partial charge is 0.493 e. The first-order valence-electron chi connectivity index (χ1n) is 11.8. The molecule has 0 radical (unpaired) electrons. The van der Waals surface area contributed by atoms with E-state index in [1.165, 1.54) is 7.11 Å². The Morgan fingerprint density at radius 3 is 2.54 bits per heavy atom. The number of nitrogens with one attached hydrogen (secondary N) is 1. The Hall–Kier alpha value is -3.72. The highest BCUT2D eigenvalue weighted by Gasteiger charge is 2.36. The summed E-state index contributed by atoms with van der Waals surface area (Å²) >= 11 is 12.7. The number of anilines is 1. The molecule has 3 amide bonds. The van der Waals surface area contributed by atoms with E-state index in [2.05, 4.69) is 11.9 Å². The van der Waals surface area contributed by atoms with E-state index in [0.717, 1.165) is 27.8 Å². The van der Waals surface area contributed by atoms with E-state index in [1.54, 1.807) is 54.6 Å². The third-order valence-corrected chi connectivity index (χ3v) is 7.01. The van der Waals surface area contributed by atoms with E-state index in [0.29, 0.717) is 45.8 Å². The molecule has 1 heterocycles. The number of rotatable bonds is 10. The average Bonchev–Trinajstić information content (AvgIpc) is 3.16. The second kappa shape index (κ2) is 12.9. The number of ether oxygens (including phenoxy) is 2. The Labute approximate surface area is 240 Å². The number of thioether (sulfide) groups is 1. The lowest BCUT2D eigenvalue weighted by atomic mass is 10.0. The van der Waals surface area contributed by atoms with E-state index in [4.69, 9.17) is 32.7 Å². The van der Waals surface area contributed by atoms with Crippen molar-refractivity contribution in [3.05, 3.63) is 105 Å². The fraction of sp³-hybridized carbons (Fsp3) is 0.138. The first kappa shape index (κ1) is 28.3. The summed E-state index contributed by atoms with van der Waals surface area (Å²) in [7, 11) is 1.53. The predicted molar refractivity (Wildman–Crippen MR) is 155 cm³/mol. The number of methoxy groups -OCH3 is 1. The number of carbonyl (C=O) groups is 3. The standard InChI is InChI=1S/C29H24Cl2N2O5S/c1-3-5-20-12-19(13-24(37-2)27(20)38-17-18-8-10-21(30)11-9-18)14-25-28(35)33(29(36)39-25)16-26(34)32-23-7-4-6-22(31)15-23/h3-4,6-15H,1,5,16-17H2,2H3,(H,32,34)/b25-14-. The zero-order valence-electron chi connectivity index (χ0n) is 20.9. The molecule has 7 nitrogen and oxygen atoms in total. The number of hydrogen-bond acceptors (Lipinski definition) is 6. The van der Waals surface area contributed by atoms with Crippen molar-refractivity contribution in [2.75, 3.05) is 19.0 Å². The molecule has 0 aromatic heterocycles. The van der Waals surface area contributed by atoms with Gasteiger partial charge in [0.05, 0.1) is 12.0 Å². The SMILES string of the molecule is C=CCc1cc(/C=C2\SC(=O)N(CC(=O)Nc3cccc(Cl)c3)C2=O)cc(OC)c1OCc1ccc(Cl)cc1. The summed E-state index contributed by atoms with van der Waals surface area (Å²) in [5.41, 5.74) is 2.83. The van der Waals surface area contributed by atoms with Gasteiger partial charge in [0.1, 0.15) is 13.2 Å². The molecule has 0 spiro atoms. The summed E-state index contributed by atoms with van der Waals surface area (Å²) in [4.78, 5) is 39.2. The fourth-order valence-corrected chi connectivity index (χ4v) is 4.98. The monoisotopic (exact) mass is 582 g/mol. The lowest BCUT2D eigenvalue weighted by molar-refractivity contribution is -0.127. The van der Waals surface area contributed by atoms with Gasteiger partial charge in [-0.1, -0.05) is 47.5 Å². The molecule has 3 aromatic carbocycles. The minimum absolute atomic E-state index is 0.192. The molecule has 0 atom stereocenters. The van der Waals surface area contributed by atoms with Gasteiger partial charge in [-0.25, -0.2) is 0 Å². The molecule has 0 bridgehead atoms. The first-order chi connectivity index (χ1) is 18.8. The van der Waals surface area contributed by atoms with Crippen molar-refractivity contribution < 1.29 is 23.9 Å². The van der Waals surface area contributed by atoms with Crippen LogP contribution in [-0.2, 0) is 22.6 Å². The fourth-order valence-electron chi connectivity index (χ4n) is 3.82. The van der Waals surface area contributed by atoms with Crippen LogP contribution in [0.15, 0.2) is 78.2 Å². The highest BCUT2D eigenvalue weighted by molar-refractivity contribution is 8.18. The molecular weight excluding hydrogens is 559 g/mol. The maximum Gasteiger partial charge on any atom is 0.294 e. The van der Waals surface area contributed by atoms with Gasteiger partial charge in [-0.05, 0) is 77.9 Å². The lowest BCUT2D eigenvalue weighted by Gasteiger charge is -2.16. The van der Waals surface area contributed by atoms with Gasteiger partial charge >= 0.3 is 0 Å². The first-order valence-corrected chi connectivity index (χ1v) is 13.3. The van der Waals surface area contributed by atoms with Gasteiger partial charge in [0, 0.05) is 21.3 Å². The van der Waals surface area contributed by atoms with Gasteiger partial charge in [-0.2, -0.15) is 0 Å². The maximum absolute atomic E-state index is 13.0. The number of nitrogens with zero attached hydrogens (tertiary/aromatic N) is 1. The van der Waals surface area contributed by atoms with E-state index in [9.17, 15) is 14.4 Å². The molecule has 200 valence electrons. The van der Waals surface area contributed by atoms with Crippen LogP contribution in [0, 0.1) is 0 Å². The molecule has 1 saturated heterocycles. The molecule has 1 aliphatic rings. The topological polar surface area (TPSA) is 84.9 Å². The number of amides is 3. The van der Waals surface area contributed by atoms with Crippen LogP contribution >= 0.6 is 35.0 Å². The molecule has 0 saturated carbocycles. The number of halogens is 2. The predicted octanol–water partition coefficient (Wildman–Crippen LogP) is 6.98. The normalized spacial score (nSPS) is 14.0. The third kappa shape index (κ3) is 7.23. The zero-order valence-corrected chi connectivity index (χ0v) is 23.2. The van der Waals surface area contributed by atoms with Gasteiger partial charge in [0.25, 0.3) is 11.1 Å². The Bertz CT molecular complexity index is 1460. The third-order valence-electron chi connectivity index (χ3n) is 5.62. The summed E-state index contributed by atoms with van der Waals surface area (Å²) in [6, 6.07) is 17.5. The number of hydrogen-bond donors (Lipinski definition) is 1. The van der Waals surface area contributed by atoms with E-state index >= 15 is 0 Å². The maximum atomic E-state index is 13.0. The molecule has 10 heteroatoms. The number of carbonyl (C=O) groups excluding carboxylic acids is 3. The van der Waals surface area contributed by atoms with Crippen molar-refractivity contribution >= 4 is 63.8 Å². The second-order valence-electron chi connectivity index (χ2n) is 8.45. The van der Waals surface area contributed by atoms with Crippen molar-refractivity contribution in [3.8, 4) is 11.5 Å². The van der Waals surface area contributed by atoms with Crippen LogP contribution in [0.5, 0.6) is 11.5 Å². The van der Waals surface area contributed by atoms with Crippen LogP contribution < -0.4 is 14.8 Å². The Balaban J connectivity index is 1.52. The quantitative estimate of drug-likeness (QED) is 0.205. The van der Waals surface area contributed by atoms with Crippen LogP contribution in [-0.4, -0.2) is 35.6 Å². The summed E-state index contributed by atoms with van der Waals surface area (Å²) < 4.78 is 11.7. The Morgan fingerprint density at radius 1 is 1.08 bits per heavy atom. The van der Waals surface area contributed by atoms with Crippen LogP contribution in [0.3, 0.4) is 0 Å². The van der Waals surface area contributed by atoms with Gasteiger partial charge in [0.2, 0.25) is 5.91 Å². The highest BCUT2D eigenvalue weighted by Crippen LogP contribution is 2.37. The van der Waals surface area contributed by atoms with Gasteiger partial charge in [-0.15, -0.1) is 6.58 Å². The number of imide groups is 1. The van der Waals surface area contributed by atoms with Gasteiger partial charge in [-0.3, -0.25) is 19.3 Å². The minimum atomic E-state index is -0.557. The molecule has 1 N–H and O–H groups in total. The summed E-state index contributed by atoms with van der Waals surface area (Å²) in [6.07, 6.45) is 3.82. The minimum Gasteiger partial charge on any atom is -0.493 e. The van der Waals surface area contributed by atoms with E-state index in [-0.39, 0.29) is 4.91 Å². The molecule has 39 heavy (non-hydrogen) atoms. The average molecular weight is 583 g/mol. The van der Waals surface area contributed by atoms with Gasteiger partial charge in [0.15, 0.2) is 11.5 Å². The van der Waals surface area contributed by atoms with Crippen molar-refractivity contribution in [3.63, 3.8) is 0 Å². The van der Waals surface area contributed by atoms with Crippen molar-refractivity contribution in [2.45, 2.75) is 13.0 Å². The molecule has 1 fully saturated rings. The second-order valence-corrected chi connectivity index (χ2v) is 10.3. The molecule has 0 aliphatic carbocycles. The Kier molecular flexibility index (Phi) is 9.35. The zero-order chi connectivity index (χ0) is 27.9. The van der Waals surface area contributed by atoms with Crippen molar-refractivity contribution in [1.82, 2.24) is 4.90 Å². The van der Waals surface area contributed by atoms with Crippen LogP contribution in [0.4, 0.5) is 10.5 Å². The number of allylic oxidation sites excluding steroid dienone is 1. The van der Waals surface area contributed by atoms with Crippen molar-refractivity contribution in [2.24, 2.45) is 0 Å². The van der Waals surface area contributed by atoms with Crippen molar-refractivity contribution in [1.29, 1.82) is 0 Å². The molecule has 1 aliphatic heterocycles. The molecule has 0 unspecified atom stereocenters. The smallest absolute Gasteiger partial charge is 0.294 e. The molecular formula is C29H24Cl2N2O5S. The Morgan fingerprint density at radius 2 is 1.85 bits per heavy atom.